The SMILES string of the molecule is CCC(C)(CCCl)NS(=O)(=O)c1cc(C)c(Cl)s1. The van der Waals surface area contributed by atoms with Crippen molar-refractivity contribution in [3.63, 3.8) is 0 Å². The molecular weight excluding hydrogens is 313 g/mol. The Hall–Kier alpha value is 0.190. The van der Waals surface area contributed by atoms with E-state index in [1.807, 2.05) is 13.8 Å². The summed E-state index contributed by atoms with van der Waals surface area (Å²) in [4.78, 5) is 0. The van der Waals surface area contributed by atoms with Crippen molar-refractivity contribution in [3.8, 4) is 0 Å². The lowest BCUT2D eigenvalue weighted by Crippen LogP contribution is -2.45. The van der Waals surface area contributed by atoms with E-state index in [1.54, 1.807) is 13.0 Å². The first-order chi connectivity index (χ1) is 8.24. The summed E-state index contributed by atoms with van der Waals surface area (Å²) in [6.45, 7) is 5.58. The topological polar surface area (TPSA) is 46.2 Å². The number of halogens is 2. The van der Waals surface area contributed by atoms with E-state index in [0.29, 0.717) is 23.1 Å². The van der Waals surface area contributed by atoms with Crippen LogP contribution >= 0.6 is 34.5 Å². The number of thiophene rings is 1. The van der Waals surface area contributed by atoms with Crippen LogP contribution in [0.2, 0.25) is 4.34 Å². The maximum absolute atomic E-state index is 12.2. The van der Waals surface area contributed by atoms with Crippen molar-refractivity contribution in [1.82, 2.24) is 4.72 Å². The number of nitrogens with one attached hydrogen (secondary N) is 1. The summed E-state index contributed by atoms with van der Waals surface area (Å²) in [7, 11) is -3.53. The Bertz CT molecular complexity index is 494. The van der Waals surface area contributed by atoms with Crippen LogP contribution in [0.25, 0.3) is 0 Å². The molecule has 1 atom stereocenters. The van der Waals surface area contributed by atoms with Gasteiger partial charge in [0.15, 0.2) is 0 Å². The average Bonchev–Trinajstić information content (AvgIpc) is 2.60. The molecule has 0 aliphatic rings. The Morgan fingerprint density at radius 3 is 2.50 bits per heavy atom. The Kier molecular flexibility index (Phi) is 5.50. The summed E-state index contributed by atoms with van der Waals surface area (Å²) < 4.78 is 28.0. The third-order valence-electron chi connectivity index (χ3n) is 2.91. The van der Waals surface area contributed by atoms with E-state index in [9.17, 15) is 8.42 Å². The van der Waals surface area contributed by atoms with E-state index in [1.165, 1.54) is 0 Å². The zero-order valence-electron chi connectivity index (χ0n) is 10.6. The van der Waals surface area contributed by atoms with E-state index in [4.69, 9.17) is 23.2 Å². The smallest absolute Gasteiger partial charge is 0.206 e. The van der Waals surface area contributed by atoms with Crippen LogP contribution in [0.5, 0.6) is 0 Å². The minimum atomic E-state index is -3.53. The van der Waals surface area contributed by atoms with Gasteiger partial charge in [0.05, 0.1) is 4.34 Å². The molecule has 1 aromatic heterocycles. The highest BCUT2D eigenvalue weighted by molar-refractivity contribution is 7.91. The van der Waals surface area contributed by atoms with Crippen molar-refractivity contribution in [2.45, 2.75) is 43.4 Å². The molecule has 0 bridgehead atoms. The summed E-state index contributed by atoms with van der Waals surface area (Å²) in [5.41, 5.74) is 0.253. The average molecular weight is 330 g/mol. The van der Waals surface area contributed by atoms with Gasteiger partial charge in [-0.1, -0.05) is 18.5 Å². The number of sulfonamides is 1. The van der Waals surface area contributed by atoms with Crippen molar-refractivity contribution in [3.05, 3.63) is 16.0 Å². The summed E-state index contributed by atoms with van der Waals surface area (Å²) in [5.74, 6) is 0.414. The van der Waals surface area contributed by atoms with Crippen LogP contribution in [0.15, 0.2) is 10.3 Å². The normalized spacial score (nSPS) is 15.6. The van der Waals surface area contributed by atoms with Gasteiger partial charge in [-0.3, -0.25) is 0 Å². The largest absolute Gasteiger partial charge is 0.250 e. The molecule has 7 heteroatoms. The Labute approximate surface area is 123 Å². The van der Waals surface area contributed by atoms with Crippen LogP contribution in [0.4, 0.5) is 0 Å². The highest BCUT2D eigenvalue weighted by atomic mass is 35.5. The van der Waals surface area contributed by atoms with E-state index >= 15 is 0 Å². The molecular formula is C11H17Cl2NO2S2. The van der Waals surface area contributed by atoms with Gasteiger partial charge in [0.25, 0.3) is 10.0 Å². The molecule has 1 rings (SSSR count). The zero-order valence-corrected chi connectivity index (χ0v) is 13.7. The quantitative estimate of drug-likeness (QED) is 0.807. The molecule has 1 aromatic rings. The van der Waals surface area contributed by atoms with Crippen LogP contribution in [-0.2, 0) is 10.0 Å². The first-order valence-electron chi connectivity index (χ1n) is 5.60. The van der Waals surface area contributed by atoms with Crippen molar-refractivity contribution < 1.29 is 8.42 Å². The van der Waals surface area contributed by atoms with Gasteiger partial charge in [0, 0.05) is 11.4 Å². The molecule has 0 aliphatic carbocycles. The molecule has 1 heterocycles. The van der Waals surface area contributed by atoms with Gasteiger partial charge in [-0.2, -0.15) is 0 Å². The van der Waals surface area contributed by atoms with Crippen LogP contribution in [0.1, 0.15) is 32.3 Å². The number of hydrogen-bond acceptors (Lipinski definition) is 3. The van der Waals surface area contributed by atoms with Crippen LogP contribution < -0.4 is 4.72 Å². The van der Waals surface area contributed by atoms with E-state index in [0.717, 1.165) is 16.9 Å². The van der Waals surface area contributed by atoms with Crippen LogP contribution in [0, 0.1) is 6.92 Å². The fourth-order valence-electron chi connectivity index (χ4n) is 1.45. The van der Waals surface area contributed by atoms with E-state index < -0.39 is 15.6 Å². The van der Waals surface area contributed by atoms with Gasteiger partial charge >= 0.3 is 0 Å². The molecule has 0 saturated heterocycles. The Balaban J connectivity index is 3.01. The molecule has 0 aromatic carbocycles. The molecule has 104 valence electrons. The number of alkyl halides is 1. The highest BCUT2D eigenvalue weighted by Gasteiger charge is 2.29. The molecule has 18 heavy (non-hydrogen) atoms. The lowest BCUT2D eigenvalue weighted by atomic mass is 9.97. The first-order valence-corrected chi connectivity index (χ1v) is 8.81. The van der Waals surface area contributed by atoms with Gasteiger partial charge in [-0.25, -0.2) is 13.1 Å². The highest BCUT2D eigenvalue weighted by Crippen LogP contribution is 2.31. The standard InChI is InChI=1S/C11H17Cl2NO2S2/c1-4-11(3,5-6-12)14-18(15,16)9-7-8(2)10(13)17-9/h7,14H,4-6H2,1-3H3. The molecule has 0 spiro atoms. The molecule has 1 N–H and O–H groups in total. The second-order valence-electron chi connectivity index (χ2n) is 4.48. The fraction of sp³-hybridized carbons (Fsp3) is 0.636. The van der Waals surface area contributed by atoms with Crippen molar-refractivity contribution in [2.75, 3.05) is 5.88 Å². The van der Waals surface area contributed by atoms with Crippen molar-refractivity contribution in [2.24, 2.45) is 0 Å². The minimum absolute atomic E-state index is 0.249. The monoisotopic (exact) mass is 329 g/mol. The molecule has 0 fully saturated rings. The first kappa shape index (κ1) is 16.2. The number of rotatable bonds is 6. The van der Waals surface area contributed by atoms with Gasteiger partial charge in [-0.15, -0.1) is 22.9 Å². The predicted octanol–water partition coefficient (Wildman–Crippen LogP) is 3.79. The third kappa shape index (κ3) is 3.84. The van der Waals surface area contributed by atoms with Crippen LogP contribution in [0.3, 0.4) is 0 Å². The van der Waals surface area contributed by atoms with Gasteiger partial charge in [-0.05, 0) is 38.3 Å². The zero-order chi connectivity index (χ0) is 14.0. The second-order valence-corrected chi connectivity index (χ2v) is 8.42. The fourth-order valence-corrected chi connectivity index (χ4v) is 5.08. The molecule has 0 amide bonds. The maximum atomic E-state index is 12.2. The summed E-state index contributed by atoms with van der Waals surface area (Å²) in [6, 6.07) is 1.59. The van der Waals surface area contributed by atoms with Crippen molar-refractivity contribution in [1.29, 1.82) is 0 Å². The number of aryl methyl sites for hydroxylation is 1. The summed E-state index contributed by atoms with van der Waals surface area (Å²) >= 11 is 12.7. The molecule has 0 aliphatic heterocycles. The van der Waals surface area contributed by atoms with E-state index in [2.05, 4.69) is 4.72 Å². The summed E-state index contributed by atoms with van der Waals surface area (Å²) in [6.07, 6.45) is 1.26. The van der Waals surface area contributed by atoms with Crippen molar-refractivity contribution >= 4 is 44.6 Å². The molecule has 1 unspecified atom stereocenters. The summed E-state index contributed by atoms with van der Waals surface area (Å²) in [5, 5.41) is 0. The lowest BCUT2D eigenvalue weighted by Gasteiger charge is -2.28. The Morgan fingerprint density at radius 1 is 1.50 bits per heavy atom. The number of hydrogen-bond donors (Lipinski definition) is 1. The second kappa shape index (κ2) is 6.09. The van der Waals surface area contributed by atoms with Crippen LogP contribution in [-0.4, -0.2) is 19.8 Å². The maximum Gasteiger partial charge on any atom is 0.250 e. The van der Waals surface area contributed by atoms with Gasteiger partial charge in [0.1, 0.15) is 4.21 Å². The molecule has 3 nitrogen and oxygen atoms in total. The minimum Gasteiger partial charge on any atom is -0.206 e. The van der Waals surface area contributed by atoms with Gasteiger partial charge < -0.3 is 0 Å². The predicted molar refractivity (Wildman–Crippen MR) is 78.4 cm³/mol. The molecule has 0 radical (unpaired) electrons. The molecule has 0 saturated carbocycles. The third-order valence-corrected chi connectivity index (χ3v) is 6.76. The lowest BCUT2D eigenvalue weighted by molar-refractivity contribution is 0.391. The Morgan fingerprint density at radius 2 is 2.11 bits per heavy atom. The van der Waals surface area contributed by atoms with Gasteiger partial charge in [0.2, 0.25) is 0 Å². The van der Waals surface area contributed by atoms with E-state index in [-0.39, 0.29) is 4.21 Å².